The largest absolute Gasteiger partial charge is 0.381 e. The Balaban J connectivity index is 1.89. The van der Waals surface area contributed by atoms with Gasteiger partial charge in [0.15, 0.2) is 0 Å². The zero-order chi connectivity index (χ0) is 14.8. The minimum atomic E-state index is -0.411. The number of nitrogens with zero attached hydrogens (tertiary/aromatic N) is 2. The van der Waals surface area contributed by atoms with E-state index in [-0.39, 0.29) is 17.5 Å². The SMILES string of the molecule is O=C(C1CCOCC1)N1CCCc2ccc([N+](=O)[O-])cc21. The quantitative estimate of drug-likeness (QED) is 0.619. The lowest BCUT2D eigenvalue weighted by atomic mass is 9.95. The van der Waals surface area contributed by atoms with Crippen LogP contribution in [0.1, 0.15) is 24.8 Å². The summed E-state index contributed by atoms with van der Waals surface area (Å²) in [5.74, 6) is 0.0590. The van der Waals surface area contributed by atoms with Crippen LogP contribution >= 0.6 is 0 Å². The molecule has 0 unspecified atom stereocenters. The van der Waals surface area contributed by atoms with Gasteiger partial charge in [-0.15, -0.1) is 0 Å². The van der Waals surface area contributed by atoms with Gasteiger partial charge in [-0.25, -0.2) is 0 Å². The molecule has 0 aliphatic carbocycles. The highest BCUT2D eigenvalue weighted by molar-refractivity contribution is 5.96. The van der Waals surface area contributed by atoms with Crippen molar-refractivity contribution in [1.82, 2.24) is 0 Å². The van der Waals surface area contributed by atoms with Gasteiger partial charge in [-0.3, -0.25) is 14.9 Å². The molecule has 6 nitrogen and oxygen atoms in total. The number of amides is 1. The number of aryl methyl sites for hydroxylation is 1. The van der Waals surface area contributed by atoms with Gasteiger partial charge in [0.25, 0.3) is 5.69 Å². The molecule has 0 spiro atoms. The standard InChI is InChI=1S/C15H18N2O4/c18-15(12-5-8-21-9-6-12)16-7-1-2-11-3-4-13(17(19)20)10-14(11)16/h3-4,10,12H,1-2,5-9H2. The highest BCUT2D eigenvalue weighted by atomic mass is 16.6. The average Bonchev–Trinajstić information content (AvgIpc) is 2.54. The van der Waals surface area contributed by atoms with Gasteiger partial charge in [-0.05, 0) is 31.2 Å². The molecule has 2 aliphatic heterocycles. The predicted octanol–water partition coefficient (Wildman–Crippen LogP) is 2.30. The van der Waals surface area contributed by atoms with E-state index in [9.17, 15) is 14.9 Å². The number of rotatable bonds is 2. The summed E-state index contributed by atoms with van der Waals surface area (Å²) in [4.78, 5) is 25.0. The molecule has 2 aliphatic rings. The smallest absolute Gasteiger partial charge is 0.271 e. The lowest BCUT2D eigenvalue weighted by Gasteiger charge is -2.33. The molecule has 0 saturated carbocycles. The molecule has 112 valence electrons. The monoisotopic (exact) mass is 290 g/mol. The third-order valence-electron chi connectivity index (χ3n) is 4.23. The van der Waals surface area contributed by atoms with Crippen LogP contribution in [0.3, 0.4) is 0 Å². The average molecular weight is 290 g/mol. The van der Waals surface area contributed by atoms with E-state index in [0.29, 0.717) is 25.4 Å². The zero-order valence-electron chi connectivity index (χ0n) is 11.8. The lowest BCUT2D eigenvalue weighted by molar-refractivity contribution is -0.384. The third-order valence-corrected chi connectivity index (χ3v) is 4.23. The van der Waals surface area contributed by atoms with Crippen molar-refractivity contribution in [3.05, 3.63) is 33.9 Å². The summed E-state index contributed by atoms with van der Waals surface area (Å²) in [6.45, 7) is 1.88. The molecular formula is C15H18N2O4. The highest BCUT2D eigenvalue weighted by Gasteiger charge is 2.30. The minimum absolute atomic E-state index is 0.0241. The maximum atomic E-state index is 12.7. The number of nitro benzene ring substituents is 1. The highest BCUT2D eigenvalue weighted by Crippen LogP contribution is 2.33. The molecule has 1 amide bonds. The first kappa shape index (κ1) is 14.0. The molecule has 1 saturated heterocycles. The topological polar surface area (TPSA) is 72.7 Å². The molecular weight excluding hydrogens is 272 g/mol. The summed E-state index contributed by atoms with van der Waals surface area (Å²) in [5, 5.41) is 11.0. The van der Waals surface area contributed by atoms with Crippen molar-refractivity contribution in [1.29, 1.82) is 0 Å². The maximum absolute atomic E-state index is 12.7. The van der Waals surface area contributed by atoms with Crippen LogP contribution in [0.15, 0.2) is 18.2 Å². The number of anilines is 1. The van der Waals surface area contributed by atoms with E-state index in [1.807, 2.05) is 0 Å². The lowest BCUT2D eigenvalue weighted by Crippen LogP contribution is -2.41. The second-order valence-electron chi connectivity index (χ2n) is 5.55. The van der Waals surface area contributed by atoms with Gasteiger partial charge in [0, 0.05) is 37.8 Å². The first-order valence-electron chi connectivity index (χ1n) is 7.33. The summed E-state index contributed by atoms with van der Waals surface area (Å²) < 4.78 is 5.30. The first-order valence-corrected chi connectivity index (χ1v) is 7.33. The van der Waals surface area contributed by atoms with E-state index < -0.39 is 4.92 Å². The molecule has 2 heterocycles. The molecule has 1 fully saturated rings. The van der Waals surface area contributed by atoms with Crippen LogP contribution in [0.25, 0.3) is 0 Å². The predicted molar refractivity (Wildman–Crippen MR) is 77.3 cm³/mol. The van der Waals surface area contributed by atoms with Crippen molar-refractivity contribution >= 4 is 17.3 Å². The fourth-order valence-corrected chi connectivity index (χ4v) is 3.07. The van der Waals surface area contributed by atoms with Crippen molar-refractivity contribution in [2.75, 3.05) is 24.7 Å². The van der Waals surface area contributed by atoms with Crippen LogP contribution in [-0.2, 0) is 16.0 Å². The van der Waals surface area contributed by atoms with Crippen LogP contribution in [0.5, 0.6) is 0 Å². The summed E-state index contributed by atoms with van der Waals surface area (Å²) in [6, 6.07) is 4.82. The van der Waals surface area contributed by atoms with E-state index in [0.717, 1.165) is 31.2 Å². The number of ether oxygens (including phenoxy) is 1. The second kappa shape index (κ2) is 5.81. The Hall–Kier alpha value is -1.95. The Morgan fingerprint density at radius 1 is 1.33 bits per heavy atom. The van der Waals surface area contributed by atoms with Crippen molar-refractivity contribution in [3.8, 4) is 0 Å². The second-order valence-corrected chi connectivity index (χ2v) is 5.55. The molecule has 0 bridgehead atoms. The zero-order valence-corrected chi connectivity index (χ0v) is 11.8. The van der Waals surface area contributed by atoms with Gasteiger partial charge in [0.05, 0.1) is 10.6 Å². The summed E-state index contributed by atoms with van der Waals surface area (Å²) in [5.41, 5.74) is 1.78. The van der Waals surface area contributed by atoms with Crippen LogP contribution in [-0.4, -0.2) is 30.6 Å². The molecule has 21 heavy (non-hydrogen) atoms. The Labute approximate surface area is 122 Å². The molecule has 0 N–H and O–H groups in total. The van der Waals surface area contributed by atoms with Crippen molar-refractivity contribution in [3.63, 3.8) is 0 Å². The molecule has 6 heteroatoms. The van der Waals surface area contributed by atoms with Crippen LogP contribution in [0.2, 0.25) is 0 Å². The van der Waals surface area contributed by atoms with Gasteiger partial charge in [-0.2, -0.15) is 0 Å². The Morgan fingerprint density at radius 2 is 2.10 bits per heavy atom. The number of nitro groups is 1. The van der Waals surface area contributed by atoms with E-state index in [1.165, 1.54) is 12.1 Å². The van der Waals surface area contributed by atoms with Crippen LogP contribution < -0.4 is 4.90 Å². The minimum Gasteiger partial charge on any atom is -0.381 e. The van der Waals surface area contributed by atoms with Crippen LogP contribution in [0.4, 0.5) is 11.4 Å². The van der Waals surface area contributed by atoms with E-state index in [1.54, 1.807) is 11.0 Å². The van der Waals surface area contributed by atoms with Gasteiger partial charge in [0.1, 0.15) is 0 Å². The summed E-state index contributed by atoms with van der Waals surface area (Å²) in [6.07, 6.45) is 3.24. The number of hydrogen-bond acceptors (Lipinski definition) is 4. The molecule has 1 aromatic carbocycles. The van der Waals surface area contributed by atoms with Gasteiger partial charge >= 0.3 is 0 Å². The number of carbonyl (C=O) groups is 1. The van der Waals surface area contributed by atoms with Crippen molar-refractivity contribution in [2.45, 2.75) is 25.7 Å². The number of fused-ring (bicyclic) bond motifs is 1. The molecule has 3 rings (SSSR count). The fourth-order valence-electron chi connectivity index (χ4n) is 3.07. The molecule has 1 aromatic rings. The number of hydrogen-bond donors (Lipinski definition) is 0. The van der Waals surface area contributed by atoms with Crippen LogP contribution in [0, 0.1) is 16.0 Å². The third kappa shape index (κ3) is 2.76. The molecule has 0 radical (unpaired) electrons. The van der Waals surface area contributed by atoms with Gasteiger partial charge in [-0.1, -0.05) is 6.07 Å². The molecule has 0 atom stereocenters. The Kier molecular flexibility index (Phi) is 3.88. The fraction of sp³-hybridized carbons (Fsp3) is 0.533. The van der Waals surface area contributed by atoms with Gasteiger partial charge in [0.2, 0.25) is 5.91 Å². The molecule has 0 aromatic heterocycles. The van der Waals surface area contributed by atoms with Gasteiger partial charge < -0.3 is 9.64 Å². The normalized spacial score (nSPS) is 19.1. The summed E-state index contributed by atoms with van der Waals surface area (Å²) >= 11 is 0. The van der Waals surface area contributed by atoms with Crippen molar-refractivity contribution in [2.24, 2.45) is 5.92 Å². The van der Waals surface area contributed by atoms with E-state index in [2.05, 4.69) is 0 Å². The summed E-state index contributed by atoms with van der Waals surface area (Å²) in [7, 11) is 0. The first-order chi connectivity index (χ1) is 10.2. The number of carbonyl (C=O) groups excluding carboxylic acids is 1. The van der Waals surface area contributed by atoms with Crippen molar-refractivity contribution < 1.29 is 14.5 Å². The Bertz CT molecular complexity index is 567. The maximum Gasteiger partial charge on any atom is 0.271 e. The van der Waals surface area contributed by atoms with E-state index >= 15 is 0 Å². The number of non-ortho nitro benzene ring substituents is 1. The van der Waals surface area contributed by atoms with E-state index in [4.69, 9.17) is 4.74 Å². The Morgan fingerprint density at radius 3 is 2.81 bits per heavy atom. The number of benzene rings is 1.